The lowest BCUT2D eigenvalue weighted by molar-refractivity contribution is 0.0997. The van der Waals surface area contributed by atoms with Crippen LogP contribution >= 0.6 is 11.3 Å². The Balaban J connectivity index is 1.62. The minimum absolute atomic E-state index is 0.0270. The predicted octanol–water partition coefficient (Wildman–Crippen LogP) is 4.05. The average Bonchev–Trinajstić information content (AvgIpc) is 3.23. The summed E-state index contributed by atoms with van der Waals surface area (Å²) in [6, 6.07) is 11.8. The second-order valence-electron chi connectivity index (χ2n) is 8.62. The summed E-state index contributed by atoms with van der Waals surface area (Å²) in [6.45, 7) is 1.01. The lowest BCUT2D eigenvalue weighted by atomic mass is 9.96. The van der Waals surface area contributed by atoms with Crippen LogP contribution in [0.25, 0.3) is 10.2 Å². The van der Waals surface area contributed by atoms with Crippen molar-refractivity contribution in [1.29, 1.82) is 0 Å². The number of carbonyl (C=O) groups is 1. The molecule has 1 saturated carbocycles. The van der Waals surface area contributed by atoms with Gasteiger partial charge in [0, 0.05) is 32.3 Å². The van der Waals surface area contributed by atoms with Crippen LogP contribution < -0.4 is 9.54 Å². The number of rotatable bonds is 8. The van der Waals surface area contributed by atoms with Crippen LogP contribution in [-0.2, 0) is 21.3 Å². The standard InChI is InChI=1S/C25H31N3O5S2/c1-27(19-7-5-4-6-8-19)35(30,31)21-12-9-18(10-13-21)24(29)26-25-28(15-16-32-2)22-14-11-20(33-3)17-23(22)34-25/h9-14,17,19H,4-8,15-16H2,1-3H3. The van der Waals surface area contributed by atoms with E-state index in [1.54, 1.807) is 21.3 Å². The topological polar surface area (TPSA) is 90.2 Å². The van der Waals surface area contributed by atoms with Crippen molar-refractivity contribution < 1.29 is 22.7 Å². The summed E-state index contributed by atoms with van der Waals surface area (Å²) >= 11 is 1.39. The van der Waals surface area contributed by atoms with Gasteiger partial charge in [-0.05, 0) is 55.3 Å². The van der Waals surface area contributed by atoms with E-state index in [0.29, 0.717) is 23.5 Å². The van der Waals surface area contributed by atoms with Gasteiger partial charge in [0.15, 0.2) is 4.80 Å². The fourth-order valence-corrected chi connectivity index (χ4v) is 6.89. The van der Waals surface area contributed by atoms with Gasteiger partial charge in [-0.3, -0.25) is 4.79 Å². The van der Waals surface area contributed by atoms with Crippen LogP contribution in [0.2, 0.25) is 0 Å². The lowest BCUT2D eigenvalue weighted by Gasteiger charge is -2.30. The molecule has 0 bridgehead atoms. The number of carbonyl (C=O) groups excluding carboxylic acids is 1. The van der Waals surface area contributed by atoms with Gasteiger partial charge >= 0.3 is 0 Å². The summed E-state index contributed by atoms with van der Waals surface area (Å²) in [5.41, 5.74) is 1.27. The summed E-state index contributed by atoms with van der Waals surface area (Å²) in [7, 11) is 1.27. The molecule has 8 nitrogen and oxygen atoms in total. The van der Waals surface area contributed by atoms with Gasteiger partial charge in [0.05, 0.1) is 28.8 Å². The zero-order valence-corrected chi connectivity index (χ0v) is 21.9. The number of sulfonamides is 1. The van der Waals surface area contributed by atoms with E-state index in [1.807, 2.05) is 22.8 Å². The van der Waals surface area contributed by atoms with Crippen LogP contribution in [0.5, 0.6) is 5.75 Å². The molecule has 0 unspecified atom stereocenters. The van der Waals surface area contributed by atoms with Crippen molar-refractivity contribution >= 4 is 37.5 Å². The zero-order chi connectivity index (χ0) is 25.0. The molecule has 1 amide bonds. The van der Waals surface area contributed by atoms with Gasteiger partial charge in [0.1, 0.15) is 5.75 Å². The Bertz CT molecular complexity index is 1350. The molecule has 1 heterocycles. The van der Waals surface area contributed by atoms with Crippen molar-refractivity contribution in [2.45, 2.75) is 49.6 Å². The molecule has 0 spiro atoms. The number of ether oxygens (including phenoxy) is 2. The molecule has 188 valence electrons. The highest BCUT2D eigenvalue weighted by molar-refractivity contribution is 7.89. The molecule has 1 aromatic heterocycles. The van der Waals surface area contributed by atoms with Crippen LogP contribution in [0.3, 0.4) is 0 Å². The molecule has 1 aliphatic rings. The van der Waals surface area contributed by atoms with Gasteiger partial charge in [0.25, 0.3) is 5.91 Å². The third kappa shape index (κ3) is 5.50. The number of fused-ring (bicyclic) bond motifs is 1. The first-order chi connectivity index (χ1) is 16.8. The number of hydrogen-bond donors (Lipinski definition) is 0. The first-order valence-electron chi connectivity index (χ1n) is 11.7. The van der Waals surface area contributed by atoms with Gasteiger partial charge in [-0.1, -0.05) is 30.6 Å². The van der Waals surface area contributed by atoms with E-state index < -0.39 is 15.9 Å². The quantitative estimate of drug-likeness (QED) is 0.450. The highest BCUT2D eigenvalue weighted by Gasteiger charge is 2.29. The fourth-order valence-electron chi connectivity index (χ4n) is 4.39. The van der Waals surface area contributed by atoms with Crippen molar-refractivity contribution in [3.63, 3.8) is 0 Å². The lowest BCUT2D eigenvalue weighted by Crippen LogP contribution is -2.38. The molecule has 1 fully saturated rings. The summed E-state index contributed by atoms with van der Waals surface area (Å²) in [6.07, 6.45) is 5.02. The second-order valence-corrected chi connectivity index (χ2v) is 11.6. The van der Waals surface area contributed by atoms with Crippen molar-refractivity contribution in [3.8, 4) is 5.75 Å². The minimum atomic E-state index is -3.62. The number of nitrogens with zero attached hydrogens (tertiary/aromatic N) is 3. The highest BCUT2D eigenvalue weighted by atomic mass is 32.2. The minimum Gasteiger partial charge on any atom is -0.497 e. The predicted molar refractivity (Wildman–Crippen MR) is 136 cm³/mol. The van der Waals surface area contributed by atoms with E-state index in [4.69, 9.17) is 9.47 Å². The first kappa shape index (κ1) is 25.6. The van der Waals surface area contributed by atoms with Crippen LogP contribution in [0.15, 0.2) is 52.4 Å². The Morgan fingerprint density at radius 2 is 1.83 bits per heavy atom. The smallest absolute Gasteiger partial charge is 0.279 e. The number of benzene rings is 2. The fraction of sp³-hybridized carbons (Fsp3) is 0.440. The number of methoxy groups -OCH3 is 2. The van der Waals surface area contributed by atoms with E-state index in [0.717, 1.165) is 48.1 Å². The van der Waals surface area contributed by atoms with Crippen LogP contribution in [-0.4, -0.2) is 57.1 Å². The Morgan fingerprint density at radius 1 is 1.11 bits per heavy atom. The number of hydrogen-bond acceptors (Lipinski definition) is 6. The maximum atomic E-state index is 13.1. The maximum Gasteiger partial charge on any atom is 0.279 e. The Morgan fingerprint density at radius 3 is 2.49 bits per heavy atom. The van der Waals surface area contributed by atoms with Crippen molar-refractivity contribution in [1.82, 2.24) is 8.87 Å². The maximum absolute atomic E-state index is 13.1. The molecule has 4 rings (SSSR count). The first-order valence-corrected chi connectivity index (χ1v) is 13.9. The Labute approximate surface area is 209 Å². The third-order valence-electron chi connectivity index (χ3n) is 6.47. The largest absolute Gasteiger partial charge is 0.497 e. The normalized spacial score (nSPS) is 15.7. The van der Waals surface area contributed by atoms with Gasteiger partial charge in [0.2, 0.25) is 10.0 Å². The van der Waals surface area contributed by atoms with E-state index in [9.17, 15) is 13.2 Å². The van der Waals surface area contributed by atoms with Crippen LogP contribution in [0, 0.1) is 0 Å². The van der Waals surface area contributed by atoms with E-state index in [2.05, 4.69) is 4.99 Å². The molecule has 1 aliphatic carbocycles. The monoisotopic (exact) mass is 517 g/mol. The van der Waals surface area contributed by atoms with Crippen LogP contribution in [0.1, 0.15) is 42.5 Å². The highest BCUT2D eigenvalue weighted by Crippen LogP contribution is 2.27. The van der Waals surface area contributed by atoms with Gasteiger partial charge in [-0.15, -0.1) is 0 Å². The Hall–Kier alpha value is -2.53. The molecule has 0 radical (unpaired) electrons. The van der Waals surface area contributed by atoms with Crippen molar-refractivity contribution in [2.75, 3.05) is 27.9 Å². The summed E-state index contributed by atoms with van der Waals surface area (Å²) < 4.78 is 41.1. The number of amides is 1. The molecular formula is C25H31N3O5S2. The number of thiazole rings is 1. The SMILES string of the molecule is COCCn1c(=NC(=O)c2ccc(S(=O)(=O)N(C)C3CCCCC3)cc2)sc2cc(OC)ccc21. The Kier molecular flexibility index (Phi) is 8.05. The van der Waals surface area contributed by atoms with Crippen molar-refractivity contribution in [2.24, 2.45) is 4.99 Å². The molecular weight excluding hydrogens is 486 g/mol. The van der Waals surface area contributed by atoms with Crippen LogP contribution in [0.4, 0.5) is 0 Å². The average molecular weight is 518 g/mol. The van der Waals surface area contributed by atoms with Gasteiger partial charge in [-0.25, -0.2) is 8.42 Å². The summed E-state index contributed by atoms with van der Waals surface area (Å²) in [5.74, 6) is 0.296. The molecule has 3 aromatic rings. The van der Waals surface area contributed by atoms with Crippen molar-refractivity contribution in [3.05, 3.63) is 52.8 Å². The van der Waals surface area contributed by atoms with E-state index in [1.165, 1.54) is 39.9 Å². The van der Waals surface area contributed by atoms with E-state index >= 15 is 0 Å². The van der Waals surface area contributed by atoms with Gasteiger partial charge < -0.3 is 14.0 Å². The molecule has 10 heteroatoms. The molecule has 0 N–H and O–H groups in total. The zero-order valence-electron chi connectivity index (χ0n) is 20.3. The number of aromatic nitrogens is 1. The third-order valence-corrected chi connectivity index (χ3v) is 9.44. The second kappa shape index (κ2) is 11.0. The molecule has 0 saturated heterocycles. The molecule has 0 atom stereocenters. The van der Waals surface area contributed by atoms with Gasteiger partial charge in [-0.2, -0.15) is 9.30 Å². The molecule has 35 heavy (non-hydrogen) atoms. The van der Waals surface area contributed by atoms with E-state index in [-0.39, 0.29) is 10.9 Å². The summed E-state index contributed by atoms with van der Waals surface area (Å²) in [5, 5.41) is 0. The molecule has 2 aromatic carbocycles. The molecule has 0 aliphatic heterocycles. The summed E-state index contributed by atoms with van der Waals surface area (Å²) in [4.78, 5) is 18.1.